The fraction of sp³-hybridized carbons (Fsp3) is 0.316. The van der Waals surface area contributed by atoms with Gasteiger partial charge < -0.3 is 9.47 Å². The number of ether oxygens (including phenoxy) is 2. The second-order valence-corrected chi connectivity index (χ2v) is 8.40. The van der Waals surface area contributed by atoms with Gasteiger partial charge in [0, 0.05) is 0 Å². The molecular formula is C19H24N2O4S. The largest absolute Gasteiger partial charge is 0.493 e. The Hall–Kier alpha value is -2.54. The lowest BCUT2D eigenvalue weighted by Crippen LogP contribution is -2.19. The Kier molecular flexibility index (Phi) is 5.92. The number of hydrogen-bond acceptors (Lipinski definition) is 5. The van der Waals surface area contributed by atoms with Crippen molar-refractivity contribution >= 4 is 16.2 Å². The highest BCUT2D eigenvalue weighted by molar-refractivity contribution is 7.89. The number of nitrogens with one attached hydrogen (secondary N) is 1. The molecule has 2 rings (SSSR count). The highest BCUT2D eigenvalue weighted by atomic mass is 32.2. The minimum atomic E-state index is -3.73. The van der Waals surface area contributed by atoms with E-state index in [4.69, 9.17) is 9.47 Å². The highest BCUT2D eigenvalue weighted by Crippen LogP contribution is 2.27. The highest BCUT2D eigenvalue weighted by Gasteiger charge is 2.17. The van der Waals surface area contributed by atoms with Crippen molar-refractivity contribution in [1.29, 1.82) is 0 Å². The molecule has 0 fully saturated rings. The SMILES string of the molecule is COc1ccc(/C=N\NS(=O)(=O)c2ccc(C(C)(C)C)cc2)cc1OC. The topological polar surface area (TPSA) is 77.0 Å². The number of hydrazone groups is 1. The summed E-state index contributed by atoms with van der Waals surface area (Å²) in [6.45, 7) is 6.21. The lowest BCUT2D eigenvalue weighted by Gasteiger charge is -2.19. The lowest BCUT2D eigenvalue weighted by molar-refractivity contribution is 0.355. The van der Waals surface area contributed by atoms with Gasteiger partial charge in [-0.1, -0.05) is 32.9 Å². The van der Waals surface area contributed by atoms with E-state index in [0.29, 0.717) is 17.1 Å². The van der Waals surface area contributed by atoms with Gasteiger partial charge in [-0.2, -0.15) is 13.5 Å². The first-order valence-corrected chi connectivity index (χ1v) is 9.53. The summed E-state index contributed by atoms with van der Waals surface area (Å²) in [6, 6.07) is 12.0. The molecule has 0 aromatic heterocycles. The standard InChI is InChI=1S/C19H24N2O4S/c1-19(2,3)15-7-9-16(10-8-15)26(22,23)21-20-13-14-6-11-17(24-4)18(12-14)25-5/h6-13,21H,1-5H3/b20-13-. The molecule has 0 radical (unpaired) electrons. The fourth-order valence-electron chi connectivity index (χ4n) is 2.29. The predicted octanol–water partition coefficient (Wildman–Crippen LogP) is 3.31. The molecule has 0 unspecified atom stereocenters. The maximum atomic E-state index is 12.3. The first kappa shape index (κ1) is 19.8. The third kappa shape index (κ3) is 4.76. The van der Waals surface area contributed by atoms with E-state index in [2.05, 4.69) is 30.7 Å². The van der Waals surface area contributed by atoms with Crippen molar-refractivity contribution in [2.45, 2.75) is 31.1 Å². The molecule has 0 saturated heterocycles. The molecule has 1 N–H and O–H groups in total. The van der Waals surface area contributed by atoms with Crippen LogP contribution < -0.4 is 14.3 Å². The Morgan fingerprint density at radius 2 is 1.58 bits per heavy atom. The van der Waals surface area contributed by atoms with Gasteiger partial charge in [0.2, 0.25) is 0 Å². The molecule has 0 saturated carbocycles. The van der Waals surface area contributed by atoms with E-state index in [0.717, 1.165) is 5.56 Å². The van der Waals surface area contributed by atoms with Gasteiger partial charge in [0.15, 0.2) is 11.5 Å². The molecule has 2 aromatic rings. The minimum Gasteiger partial charge on any atom is -0.493 e. The van der Waals surface area contributed by atoms with Crippen LogP contribution in [0.2, 0.25) is 0 Å². The summed E-state index contributed by atoms with van der Waals surface area (Å²) in [5.74, 6) is 1.13. The van der Waals surface area contributed by atoms with Gasteiger partial charge in [0.1, 0.15) is 0 Å². The predicted molar refractivity (Wildman–Crippen MR) is 103 cm³/mol. The Morgan fingerprint density at radius 3 is 2.12 bits per heavy atom. The maximum absolute atomic E-state index is 12.3. The summed E-state index contributed by atoms with van der Waals surface area (Å²) < 4.78 is 35.0. The van der Waals surface area contributed by atoms with Crippen LogP contribution >= 0.6 is 0 Å². The number of rotatable bonds is 6. The molecule has 0 aliphatic carbocycles. The smallest absolute Gasteiger partial charge is 0.276 e. The van der Waals surface area contributed by atoms with Crippen LogP contribution in [0.25, 0.3) is 0 Å². The van der Waals surface area contributed by atoms with Crippen molar-refractivity contribution in [3.63, 3.8) is 0 Å². The van der Waals surface area contributed by atoms with E-state index >= 15 is 0 Å². The van der Waals surface area contributed by atoms with Crippen molar-refractivity contribution in [2.24, 2.45) is 5.10 Å². The Morgan fingerprint density at radius 1 is 0.962 bits per heavy atom. The molecule has 2 aromatic carbocycles. The van der Waals surface area contributed by atoms with Crippen molar-refractivity contribution in [1.82, 2.24) is 4.83 Å². The van der Waals surface area contributed by atoms with Gasteiger partial charge in [-0.15, -0.1) is 0 Å². The molecule has 6 nitrogen and oxygen atoms in total. The molecule has 0 spiro atoms. The minimum absolute atomic E-state index is 0.0404. The molecule has 0 aliphatic heterocycles. The summed E-state index contributed by atoms with van der Waals surface area (Å²) in [5.41, 5.74) is 1.69. The zero-order chi connectivity index (χ0) is 19.4. The van der Waals surface area contributed by atoms with Crippen LogP contribution in [0.5, 0.6) is 11.5 Å². The zero-order valence-corrected chi connectivity index (χ0v) is 16.4. The van der Waals surface area contributed by atoms with Gasteiger partial charge in [0.05, 0.1) is 25.3 Å². The second-order valence-electron chi connectivity index (χ2n) is 6.74. The quantitative estimate of drug-likeness (QED) is 0.620. The fourth-order valence-corrected chi connectivity index (χ4v) is 3.08. The first-order valence-electron chi connectivity index (χ1n) is 8.05. The lowest BCUT2D eigenvalue weighted by atomic mass is 9.87. The number of sulfonamides is 1. The van der Waals surface area contributed by atoms with Crippen LogP contribution in [0.3, 0.4) is 0 Å². The van der Waals surface area contributed by atoms with E-state index in [1.165, 1.54) is 13.3 Å². The van der Waals surface area contributed by atoms with E-state index < -0.39 is 10.0 Å². The number of benzene rings is 2. The molecule has 140 valence electrons. The van der Waals surface area contributed by atoms with Gasteiger partial charge >= 0.3 is 0 Å². The van der Waals surface area contributed by atoms with Crippen molar-refractivity contribution < 1.29 is 17.9 Å². The third-order valence-electron chi connectivity index (χ3n) is 3.82. The maximum Gasteiger partial charge on any atom is 0.276 e. The molecule has 0 heterocycles. The normalized spacial score (nSPS) is 12.2. The number of hydrogen-bond donors (Lipinski definition) is 1. The first-order chi connectivity index (χ1) is 12.2. The average molecular weight is 376 g/mol. The number of methoxy groups -OCH3 is 2. The van der Waals surface area contributed by atoms with E-state index in [1.54, 1.807) is 37.4 Å². The second kappa shape index (κ2) is 7.78. The summed E-state index contributed by atoms with van der Waals surface area (Å²) >= 11 is 0. The summed E-state index contributed by atoms with van der Waals surface area (Å²) in [6.07, 6.45) is 1.41. The molecule has 26 heavy (non-hydrogen) atoms. The van der Waals surface area contributed by atoms with Crippen LogP contribution in [0.15, 0.2) is 52.5 Å². The molecule has 0 amide bonds. The summed E-state index contributed by atoms with van der Waals surface area (Å²) in [5, 5.41) is 3.83. The molecule has 0 aliphatic rings. The monoisotopic (exact) mass is 376 g/mol. The third-order valence-corrected chi connectivity index (χ3v) is 5.06. The summed E-state index contributed by atoms with van der Waals surface area (Å²) in [4.78, 5) is 2.38. The Balaban J connectivity index is 2.14. The van der Waals surface area contributed by atoms with Gasteiger partial charge in [-0.25, -0.2) is 4.83 Å². The van der Waals surface area contributed by atoms with E-state index in [1.807, 2.05) is 12.1 Å². The Labute approximate surface area is 154 Å². The molecule has 0 atom stereocenters. The van der Waals surface area contributed by atoms with Crippen molar-refractivity contribution in [3.05, 3.63) is 53.6 Å². The van der Waals surface area contributed by atoms with Crippen LogP contribution in [-0.2, 0) is 15.4 Å². The summed E-state index contributed by atoms with van der Waals surface area (Å²) in [7, 11) is -0.648. The van der Waals surface area contributed by atoms with Gasteiger partial charge in [-0.3, -0.25) is 0 Å². The average Bonchev–Trinajstić information content (AvgIpc) is 2.60. The van der Waals surface area contributed by atoms with Crippen molar-refractivity contribution in [3.8, 4) is 11.5 Å². The van der Waals surface area contributed by atoms with E-state index in [9.17, 15) is 8.42 Å². The zero-order valence-electron chi connectivity index (χ0n) is 15.6. The van der Waals surface area contributed by atoms with Gasteiger partial charge in [0.25, 0.3) is 10.0 Å². The van der Waals surface area contributed by atoms with Crippen molar-refractivity contribution in [2.75, 3.05) is 14.2 Å². The van der Waals surface area contributed by atoms with Gasteiger partial charge in [-0.05, 0) is 46.9 Å². The van der Waals surface area contributed by atoms with Crippen LogP contribution in [0.1, 0.15) is 31.9 Å². The van der Waals surface area contributed by atoms with E-state index in [-0.39, 0.29) is 10.3 Å². The van der Waals surface area contributed by atoms with Crippen LogP contribution in [0.4, 0.5) is 0 Å². The van der Waals surface area contributed by atoms with Crippen LogP contribution in [-0.4, -0.2) is 28.9 Å². The molecule has 7 heteroatoms. The molecular weight excluding hydrogens is 352 g/mol. The molecule has 0 bridgehead atoms. The number of nitrogens with zero attached hydrogens (tertiary/aromatic N) is 1. The Bertz CT molecular complexity index is 883. The van der Waals surface area contributed by atoms with Crippen LogP contribution in [0, 0.1) is 0 Å².